The van der Waals surface area contributed by atoms with Gasteiger partial charge >= 0.3 is 0 Å². The molecule has 11 nitrogen and oxygen atoms in total. The predicted molar refractivity (Wildman–Crippen MR) is 144 cm³/mol. The van der Waals surface area contributed by atoms with Gasteiger partial charge in [0.25, 0.3) is 5.91 Å². The summed E-state index contributed by atoms with van der Waals surface area (Å²) in [5, 5.41) is 14.8. The Balaban J connectivity index is 1.21. The number of pyridine rings is 1. The molecule has 1 atom stereocenters. The van der Waals surface area contributed by atoms with Crippen LogP contribution in [-0.4, -0.2) is 71.6 Å². The highest BCUT2D eigenvalue weighted by Gasteiger charge is 2.52. The zero-order valence-electron chi connectivity index (χ0n) is 21.0. The average Bonchev–Trinajstić information content (AvgIpc) is 3.71. The van der Waals surface area contributed by atoms with E-state index in [-0.39, 0.29) is 43.5 Å². The van der Waals surface area contributed by atoms with Crippen LogP contribution >= 0.6 is 11.3 Å². The molecule has 0 radical (unpaired) electrons. The van der Waals surface area contributed by atoms with Gasteiger partial charge in [0.1, 0.15) is 17.6 Å². The van der Waals surface area contributed by atoms with E-state index in [1.165, 1.54) is 16.2 Å². The number of ether oxygens (including phenoxy) is 2. The summed E-state index contributed by atoms with van der Waals surface area (Å²) in [6.45, 7) is 0.738. The van der Waals surface area contributed by atoms with Crippen LogP contribution in [0.15, 0.2) is 60.1 Å². The topological polar surface area (TPSA) is 160 Å². The van der Waals surface area contributed by atoms with Gasteiger partial charge in [-0.1, -0.05) is 36.4 Å². The number of hydrogen-bond acceptors (Lipinski definition) is 8. The van der Waals surface area contributed by atoms with E-state index in [1.807, 2.05) is 35.7 Å². The Hall–Kier alpha value is -4.13. The summed E-state index contributed by atoms with van der Waals surface area (Å²) in [6, 6.07) is 14.0. The van der Waals surface area contributed by atoms with Gasteiger partial charge in [0.15, 0.2) is 5.79 Å². The minimum Gasteiger partial charge on any atom is -0.383 e. The van der Waals surface area contributed by atoms with Crippen LogP contribution in [0.3, 0.4) is 0 Å². The van der Waals surface area contributed by atoms with Gasteiger partial charge in [-0.3, -0.25) is 24.8 Å². The molecule has 0 unspecified atom stereocenters. The Kier molecular flexibility index (Phi) is 7.68. The molecule has 2 aliphatic heterocycles. The van der Waals surface area contributed by atoms with Gasteiger partial charge in [0, 0.05) is 24.7 Å². The lowest BCUT2D eigenvalue weighted by Gasteiger charge is -2.24. The fourth-order valence-corrected chi connectivity index (χ4v) is 5.41. The lowest BCUT2D eigenvalue weighted by atomic mass is 10.1. The molecule has 3 amide bonds. The molecule has 4 heterocycles. The maximum absolute atomic E-state index is 13.2. The number of nitrogens with two attached hydrogens (primary N) is 1. The van der Waals surface area contributed by atoms with Crippen molar-refractivity contribution in [1.82, 2.24) is 20.5 Å². The van der Waals surface area contributed by atoms with Crippen molar-refractivity contribution >= 4 is 34.9 Å². The van der Waals surface area contributed by atoms with Crippen molar-refractivity contribution in [1.29, 1.82) is 5.41 Å². The van der Waals surface area contributed by atoms with E-state index in [0.717, 1.165) is 16.7 Å². The first-order valence-corrected chi connectivity index (χ1v) is 13.3. The van der Waals surface area contributed by atoms with Gasteiger partial charge in [0.05, 0.1) is 31.2 Å². The Morgan fingerprint density at radius 3 is 2.54 bits per heavy atom. The van der Waals surface area contributed by atoms with Crippen LogP contribution in [0, 0.1) is 5.41 Å². The highest BCUT2D eigenvalue weighted by atomic mass is 32.1. The fraction of sp³-hybridized carbons (Fsp3) is 0.296. The van der Waals surface area contributed by atoms with Crippen LogP contribution in [0.25, 0.3) is 11.1 Å². The van der Waals surface area contributed by atoms with Crippen LogP contribution in [0.5, 0.6) is 0 Å². The molecular weight excluding hydrogens is 520 g/mol. The molecule has 1 spiro atoms. The third-order valence-electron chi connectivity index (χ3n) is 6.62. The molecule has 3 aromatic rings. The number of benzene rings is 1. The normalized spacial score (nSPS) is 17.7. The van der Waals surface area contributed by atoms with Gasteiger partial charge in [0.2, 0.25) is 11.8 Å². The van der Waals surface area contributed by atoms with E-state index >= 15 is 0 Å². The fourth-order valence-electron chi connectivity index (χ4n) is 4.64. The van der Waals surface area contributed by atoms with Crippen molar-refractivity contribution < 1.29 is 23.9 Å². The standard InChI is InChI=1S/C27H28N6O5S/c28-24(29)22-10-17(15-39-22)12-31-26(36)21-11-27(37-8-9-38-27)16-33(21)23(34)14-32-25(35)20-7-6-19(13-30-20)18-4-2-1-3-5-18/h1-7,10,13,15,21H,8-9,11-12,14,16H2,(H3,28,29)(H,31,36)(H,32,35)/t21-/m0/s1. The van der Waals surface area contributed by atoms with Crippen molar-refractivity contribution in [3.05, 3.63) is 76.2 Å². The van der Waals surface area contributed by atoms with E-state index in [9.17, 15) is 14.4 Å². The van der Waals surface area contributed by atoms with Crippen LogP contribution in [0.1, 0.15) is 27.3 Å². The molecule has 0 bridgehead atoms. The van der Waals surface area contributed by atoms with Crippen LogP contribution in [0.2, 0.25) is 0 Å². The van der Waals surface area contributed by atoms with Crippen LogP contribution < -0.4 is 16.4 Å². The minimum absolute atomic E-state index is 0.0352. The Morgan fingerprint density at radius 1 is 1.10 bits per heavy atom. The zero-order chi connectivity index (χ0) is 27.4. The van der Waals surface area contributed by atoms with Gasteiger partial charge in [-0.05, 0) is 28.6 Å². The molecule has 39 heavy (non-hydrogen) atoms. The third-order valence-corrected chi connectivity index (χ3v) is 7.63. The van der Waals surface area contributed by atoms with Gasteiger partial charge in [-0.25, -0.2) is 0 Å². The number of hydrogen-bond donors (Lipinski definition) is 4. The molecule has 5 rings (SSSR count). The molecule has 0 saturated carbocycles. The highest BCUT2D eigenvalue weighted by molar-refractivity contribution is 7.12. The van der Waals surface area contributed by atoms with Crippen molar-refractivity contribution in [3.8, 4) is 11.1 Å². The maximum Gasteiger partial charge on any atom is 0.270 e. The Morgan fingerprint density at radius 2 is 1.87 bits per heavy atom. The van der Waals surface area contributed by atoms with Crippen molar-refractivity contribution in [2.75, 3.05) is 26.3 Å². The second-order valence-corrected chi connectivity index (χ2v) is 10.2. The van der Waals surface area contributed by atoms with Crippen LogP contribution in [0.4, 0.5) is 0 Å². The molecule has 2 saturated heterocycles. The summed E-state index contributed by atoms with van der Waals surface area (Å²) in [4.78, 5) is 45.3. The van der Waals surface area contributed by atoms with E-state index in [1.54, 1.807) is 24.4 Å². The monoisotopic (exact) mass is 548 g/mol. The first kappa shape index (κ1) is 26.5. The molecule has 1 aromatic carbocycles. The smallest absolute Gasteiger partial charge is 0.270 e. The van der Waals surface area contributed by atoms with Crippen molar-refractivity contribution in [3.63, 3.8) is 0 Å². The first-order chi connectivity index (χ1) is 18.8. The first-order valence-electron chi connectivity index (χ1n) is 12.4. The summed E-state index contributed by atoms with van der Waals surface area (Å²) in [5.74, 6) is -2.37. The second-order valence-electron chi connectivity index (χ2n) is 9.28. The van der Waals surface area contributed by atoms with Gasteiger partial charge in [-0.15, -0.1) is 11.3 Å². The minimum atomic E-state index is -1.04. The summed E-state index contributed by atoms with van der Waals surface area (Å²) in [5.41, 5.74) is 8.35. The largest absolute Gasteiger partial charge is 0.383 e. The SMILES string of the molecule is N=C(N)c1cc(CNC(=O)[C@@H]2CC3(CN2C(=O)CNC(=O)c2ccc(-c4ccccc4)cn2)OCCO3)cs1. The number of nitrogens with one attached hydrogen (secondary N) is 3. The van der Waals surface area contributed by atoms with Crippen molar-refractivity contribution in [2.45, 2.75) is 24.8 Å². The summed E-state index contributed by atoms with van der Waals surface area (Å²) < 4.78 is 11.5. The Bertz CT molecular complexity index is 1370. The van der Waals surface area contributed by atoms with E-state index in [0.29, 0.717) is 18.1 Å². The van der Waals surface area contributed by atoms with Crippen molar-refractivity contribution in [2.24, 2.45) is 5.73 Å². The average molecular weight is 549 g/mol. The molecule has 5 N–H and O–H groups in total. The summed E-state index contributed by atoms with van der Waals surface area (Å²) in [6.07, 6.45) is 1.79. The van der Waals surface area contributed by atoms with E-state index in [4.69, 9.17) is 20.6 Å². The number of thiophene rings is 1. The number of amides is 3. The van der Waals surface area contributed by atoms with Gasteiger partial charge in [-0.2, -0.15) is 0 Å². The number of likely N-dealkylation sites (tertiary alicyclic amines) is 1. The number of carbonyl (C=O) groups excluding carboxylic acids is 3. The quantitative estimate of drug-likeness (QED) is 0.245. The Labute approximate surface area is 228 Å². The van der Waals surface area contributed by atoms with Crippen LogP contribution in [-0.2, 0) is 25.6 Å². The number of rotatable bonds is 8. The number of nitrogen functional groups attached to an aromatic ring is 1. The predicted octanol–water partition coefficient (Wildman–Crippen LogP) is 1.48. The zero-order valence-corrected chi connectivity index (χ0v) is 21.8. The molecule has 2 fully saturated rings. The number of nitrogens with zero attached hydrogens (tertiary/aromatic N) is 2. The highest BCUT2D eigenvalue weighted by Crippen LogP contribution is 2.35. The third kappa shape index (κ3) is 5.98. The molecule has 2 aromatic heterocycles. The van der Waals surface area contributed by atoms with E-state index in [2.05, 4.69) is 15.6 Å². The van der Waals surface area contributed by atoms with Gasteiger partial charge < -0.3 is 30.7 Å². The molecule has 2 aliphatic rings. The summed E-state index contributed by atoms with van der Waals surface area (Å²) in [7, 11) is 0. The lowest BCUT2D eigenvalue weighted by Crippen LogP contribution is -2.49. The molecular formula is C27H28N6O5S. The number of amidine groups is 1. The molecule has 12 heteroatoms. The number of aromatic nitrogens is 1. The maximum atomic E-state index is 13.2. The second kappa shape index (κ2) is 11.3. The lowest BCUT2D eigenvalue weighted by molar-refractivity contribution is -0.152. The van der Waals surface area contributed by atoms with E-state index < -0.39 is 23.6 Å². The summed E-state index contributed by atoms with van der Waals surface area (Å²) >= 11 is 1.32. The molecule has 202 valence electrons. The number of carbonyl (C=O) groups is 3. The molecule has 0 aliphatic carbocycles.